The molecular weight excluding hydrogens is 206 g/mol. The monoisotopic (exact) mass is 225 g/mol. The number of carbonyl (C=O) groups is 1. The minimum Gasteiger partial charge on any atom is -0.381 e. The van der Waals surface area contributed by atoms with E-state index in [1.165, 1.54) is 10.9 Å². The minimum absolute atomic E-state index is 0.147. The fraction of sp³-hybridized carbons (Fsp3) is 0.636. The van der Waals surface area contributed by atoms with Crippen molar-refractivity contribution in [2.75, 3.05) is 19.8 Å². The summed E-state index contributed by atoms with van der Waals surface area (Å²) in [4.78, 5) is 15.2. The zero-order chi connectivity index (χ0) is 11.6. The van der Waals surface area contributed by atoms with Crippen molar-refractivity contribution in [2.24, 2.45) is 0 Å². The Morgan fingerprint density at radius 1 is 1.44 bits per heavy atom. The molecule has 5 nitrogen and oxygen atoms in total. The summed E-state index contributed by atoms with van der Waals surface area (Å²) in [5, 5.41) is 2.78. The summed E-state index contributed by atoms with van der Waals surface area (Å²) in [6.45, 7) is 4.27. The predicted octanol–water partition coefficient (Wildman–Crippen LogP) is 1.65. The smallest absolute Gasteiger partial charge is 0.326 e. The maximum atomic E-state index is 11.4. The van der Waals surface area contributed by atoms with Gasteiger partial charge in [0.05, 0.1) is 0 Å². The average molecular weight is 225 g/mol. The molecule has 1 rings (SSSR count). The fourth-order valence-electron chi connectivity index (χ4n) is 1.19. The number of hydrogen-bond donors (Lipinski definition) is 1. The molecule has 0 spiro atoms. The number of unbranched alkanes of at least 4 members (excludes halogenated alkanes) is 1. The van der Waals surface area contributed by atoms with Crippen molar-refractivity contribution in [3.8, 4) is 0 Å². The van der Waals surface area contributed by atoms with Gasteiger partial charge in [-0.1, -0.05) is 13.3 Å². The van der Waals surface area contributed by atoms with Crippen molar-refractivity contribution in [3.63, 3.8) is 0 Å². The molecule has 1 heterocycles. The Kier molecular flexibility index (Phi) is 6.25. The molecular formula is C11H19N3O2. The van der Waals surface area contributed by atoms with Crippen LogP contribution < -0.4 is 5.32 Å². The molecule has 0 aliphatic carbocycles. The highest BCUT2D eigenvalue weighted by Crippen LogP contribution is 1.90. The van der Waals surface area contributed by atoms with Crippen molar-refractivity contribution >= 4 is 6.03 Å². The highest BCUT2D eigenvalue weighted by atomic mass is 16.5. The van der Waals surface area contributed by atoms with Crippen LogP contribution in [0.2, 0.25) is 0 Å². The van der Waals surface area contributed by atoms with Crippen LogP contribution in [0.3, 0.4) is 0 Å². The van der Waals surface area contributed by atoms with Crippen LogP contribution in [0.25, 0.3) is 0 Å². The normalized spacial score (nSPS) is 10.3. The summed E-state index contributed by atoms with van der Waals surface area (Å²) in [5.41, 5.74) is 0. The lowest BCUT2D eigenvalue weighted by Gasteiger charge is -2.05. The summed E-state index contributed by atoms with van der Waals surface area (Å²) in [5.74, 6) is 0. The summed E-state index contributed by atoms with van der Waals surface area (Å²) in [6.07, 6.45) is 7.76. The summed E-state index contributed by atoms with van der Waals surface area (Å²) >= 11 is 0. The van der Waals surface area contributed by atoms with Crippen molar-refractivity contribution in [1.82, 2.24) is 14.9 Å². The molecule has 0 fully saturated rings. The molecule has 90 valence electrons. The van der Waals surface area contributed by atoms with Gasteiger partial charge in [-0.15, -0.1) is 0 Å². The van der Waals surface area contributed by atoms with Gasteiger partial charge in [-0.2, -0.15) is 0 Å². The minimum atomic E-state index is -0.147. The second-order valence-electron chi connectivity index (χ2n) is 3.52. The molecule has 0 unspecified atom stereocenters. The maximum Gasteiger partial charge on any atom is 0.326 e. The van der Waals surface area contributed by atoms with Crippen LogP contribution in [0.15, 0.2) is 18.7 Å². The van der Waals surface area contributed by atoms with E-state index in [4.69, 9.17) is 4.74 Å². The molecule has 1 N–H and O–H groups in total. The number of aromatic nitrogens is 2. The molecule has 0 aromatic carbocycles. The van der Waals surface area contributed by atoms with Gasteiger partial charge in [0, 0.05) is 32.2 Å². The molecule has 1 aromatic rings. The van der Waals surface area contributed by atoms with E-state index in [1.807, 2.05) is 0 Å². The Hall–Kier alpha value is -1.36. The molecule has 5 heteroatoms. The van der Waals surface area contributed by atoms with E-state index in [1.54, 1.807) is 12.4 Å². The van der Waals surface area contributed by atoms with Crippen LogP contribution >= 0.6 is 0 Å². The van der Waals surface area contributed by atoms with E-state index in [-0.39, 0.29) is 6.03 Å². The lowest BCUT2D eigenvalue weighted by atomic mass is 10.4. The van der Waals surface area contributed by atoms with Gasteiger partial charge < -0.3 is 10.1 Å². The van der Waals surface area contributed by atoms with E-state index in [0.29, 0.717) is 13.2 Å². The number of amides is 1. The van der Waals surface area contributed by atoms with E-state index < -0.39 is 0 Å². The van der Waals surface area contributed by atoms with E-state index in [0.717, 1.165) is 25.9 Å². The summed E-state index contributed by atoms with van der Waals surface area (Å²) < 4.78 is 6.79. The molecule has 0 bridgehead atoms. The number of ether oxygens (including phenoxy) is 1. The third kappa shape index (κ3) is 4.93. The quantitative estimate of drug-likeness (QED) is 0.718. The van der Waals surface area contributed by atoms with E-state index in [2.05, 4.69) is 17.2 Å². The van der Waals surface area contributed by atoms with Gasteiger partial charge in [-0.25, -0.2) is 9.78 Å². The molecule has 0 saturated carbocycles. The van der Waals surface area contributed by atoms with Crippen molar-refractivity contribution < 1.29 is 9.53 Å². The summed E-state index contributed by atoms with van der Waals surface area (Å²) in [7, 11) is 0. The molecule has 16 heavy (non-hydrogen) atoms. The second kappa shape index (κ2) is 7.87. The predicted molar refractivity (Wildman–Crippen MR) is 61.4 cm³/mol. The number of rotatable bonds is 7. The standard InChI is InChI=1S/C11H19N3O2/c1-2-3-8-16-9-4-5-13-11(15)14-7-6-12-10-14/h6-7,10H,2-5,8-9H2,1H3,(H,13,15). The Balaban J connectivity index is 1.97. The number of nitrogens with one attached hydrogen (secondary N) is 1. The van der Waals surface area contributed by atoms with Crippen LogP contribution in [0.1, 0.15) is 26.2 Å². The zero-order valence-electron chi connectivity index (χ0n) is 9.69. The molecule has 0 saturated heterocycles. The van der Waals surface area contributed by atoms with Crippen molar-refractivity contribution in [3.05, 3.63) is 18.7 Å². The molecule has 0 radical (unpaired) electrons. The lowest BCUT2D eigenvalue weighted by Crippen LogP contribution is -2.29. The van der Waals surface area contributed by atoms with Crippen LogP contribution in [0.4, 0.5) is 4.79 Å². The number of imidazole rings is 1. The highest BCUT2D eigenvalue weighted by molar-refractivity contribution is 5.76. The lowest BCUT2D eigenvalue weighted by molar-refractivity contribution is 0.129. The molecule has 0 aliphatic heterocycles. The second-order valence-corrected chi connectivity index (χ2v) is 3.52. The van der Waals surface area contributed by atoms with Gasteiger partial charge in [-0.05, 0) is 12.8 Å². The van der Waals surface area contributed by atoms with Gasteiger partial charge >= 0.3 is 6.03 Å². The van der Waals surface area contributed by atoms with Gasteiger partial charge in [0.2, 0.25) is 0 Å². The van der Waals surface area contributed by atoms with Crippen LogP contribution in [0, 0.1) is 0 Å². The first-order valence-electron chi connectivity index (χ1n) is 5.68. The first-order chi connectivity index (χ1) is 7.84. The topological polar surface area (TPSA) is 56.1 Å². The molecule has 1 amide bonds. The molecule has 1 aromatic heterocycles. The first-order valence-corrected chi connectivity index (χ1v) is 5.68. The van der Waals surface area contributed by atoms with Crippen molar-refractivity contribution in [1.29, 1.82) is 0 Å². The largest absolute Gasteiger partial charge is 0.381 e. The summed E-state index contributed by atoms with van der Waals surface area (Å²) in [6, 6.07) is -0.147. The van der Waals surface area contributed by atoms with Gasteiger partial charge in [-0.3, -0.25) is 4.57 Å². The Labute approximate surface area is 95.8 Å². The van der Waals surface area contributed by atoms with Gasteiger partial charge in [0.25, 0.3) is 0 Å². The number of nitrogens with zero attached hydrogens (tertiary/aromatic N) is 2. The van der Waals surface area contributed by atoms with Crippen LogP contribution in [-0.4, -0.2) is 35.3 Å². The Morgan fingerprint density at radius 2 is 2.25 bits per heavy atom. The number of hydrogen-bond acceptors (Lipinski definition) is 3. The number of carbonyl (C=O) groups excluding carboxylic acids is 1. The average Bonchev–Trinajstić information content (AvgIpc) is 2.81. The zero-order valence-corrected chi connectivity index (χ0v) is 9.69. The van der Waals surface area contributed by atoms with Crippen LogP contribution in [-0.2, 0) is 4.74 Å². The first kappa shape index (κ1) is 12.7. The van der Waals surface area contributed by atoms with Crippen LogP contribution in [0.5, 0.6) is 0 Å². The molecule has 0 atom stereocenters. The van der Waals surface area contributed by atoms with E-state index >= 15 is 0 Å². The van der Waals surface area contributed by atoms with Gasteiger partial charge in [0.1, 0.15) is 6.33 Å². The fourth-order valence-corrected chi connectivity index (χ4v) is 1.19. The maximum absolute atomic E-state index is 11.4. The Morgan fingerprint density at radius 3 is 2.94 bits per heavy atom. The van der Waals surface area contributed by atoms with Crippen molar-refractivity contribution in [2.45, 2.75) is 26.2 Å². The third-order valence-corrected chi connectivity index (χ3v) is 2.12. The SMILES string of the molecule is CCCCOCCCNC(=O)n1ccnc1. The van der Waals surface area contributed by atoms with Gasteiger partial charge in [0.15, 0.2) is 0 Å². The highest BCUT2D eigenvalue weighted by Gasteiger charge is 2.00. The molecule has 0 aliphatic rings. The Bertz CT molecular complexity index is 285. The van der Waals surface area contributed by atoms with E-state index in [9.17, 15) is 4.79 Å². The third-order valence-electron chi connectivity index (χ3n) is 2.12.